The second kappa shape index (κ2) is 20.6. The van der Waals surface area contributed by atoms with Gasteiger partial charge in [-0.15, -0.1) is 0 Å². The van der Waals surface area contributed by atoms with Crippen molar-refractivity contribution in [3.05, 3.63) is 83.7 Å². The van der Waals surface area contributed by atoms with E-state index in [4.69, 9.17) is 9.47 Å². The number of nitrogens with zero attached hydrogens (tertiary/aromatic N) is 10. The van der Waals surface area contributed by atoms with Crippen LogP contribution in [0.25, 0.3) is 11.3 Å². The van der Waals surface area contributed by atoms with Crippen molar-refractivity contribution < 1.29 is 46.8 Å². The summed E-state index contributed by atoms with van der Waals surface area (Å²) < 4.78 is 66.5. The van der Waals surface area contributed by atoms with E-state index >= 15 is 0 Å². The van der Waals surface area contributed by atoms with Gasteiger partial charge in [-0.25, -0.2) is 36.6 Å². The molecule has 10 rings (SSSR count). The van der Waals surface area contributed by atoms with Crippen molar-refractivity contribution in [2.24, 2.45) is 0 Å². The van der Waals surface area contributed by atoms with Gasteiger partial charge in [0.1, 0.15) is 33.8 Å². The summed E-state index contributed by atoms with van der Waals surface area (Å²) in [5, 5.41) is 40.1. The minimum Gasteiger partial charge on any atom is -0.484 e. The molecule has 0 unspecified atom stereocenters. The number of anilines is 6. The molecule has 0 aliphatic carbocycles. The van der Waals surface area contributed by atoms with Gasteiger partial charge in [0, 0.05) is 103 Å². The van der Waals surface area contributed by atoms with E-state index in [9.17, 15) is 37.4 Å². The summed E-state index contributed by atoms with van der Waals surface area (Å²) in [6, 6.07) is 7.46. The van der Waals surface area contributed by atoms with Gasteiger partial charge in [-0.2, -0.15) is 10.2 Å². The fourth-order valence-corrected chi connectivity index (χ4v) is 9.44. The summed E-state index contributed by atoms with van der Waals surface area (Å²) in [6.07, 6.45) is 5.92. The van der Waals surface area contributed by atoms with Gasteiger partial charge in [0.25, 0.3) is 24.7 Å². The van der Waals surface area contributed by atoms with Crippen molar-refractivity contribution in [3.8, 4) is 11.5 Å². The number of aromatic nitrogens is 6. The Morgan fingerprint density at radius 2 is 1.01 bits per heavy atom. The zero-order valence-corrected chi connectivity index (χ0v) is 40.3. The highest BCUT2D eigenvalue weighted by Gasteiger charge is 2.38. The Labute approximate surface area is 411 Å². The first-order valence-corrected chi connectivity index (χ1v) is 23.7. The predicted molar refractivity (Wildman–Crippen MR) is 263 cm³/mol. The normalized spacial score (nSPS) is 20.0. The molecule has 2 atom stereocenters. The average molecular weight is 1000 g/mol. The number of aliphatic hydroxyl groups excluding tert-OH is 2. The molecule has 4 aromatic heterocycles. The minimum absolute atomic E-state index is 0.145. The highest BCUT2D eigenvalue weighted by atomic mass is 19.3. The minimum atomic E-state index is -2.38. The molecular weight excluding hydrogens is 945 g/mol. The molecular formula is C48H58F4N14O6. The maximum absolute atomic E-state index is 13.3. The lowest BCUT2D eigenvalue weighted by molar-refractivity contribution is 0.0446. The number of carbonyl (C=O) groups is 2. The van der Waals surface area contributed by atoms with Crippen molar-refractivity contribution in [1.29, 1.82) is 0 Å². The van der Waals surface area contributed by atoms with E-state index < -0.39 is 24.1 Å². The summed E-state index contributed by atoms with van der Waals surface area (Å²) in [5.41, 5.74) is 5.92. The van der Waals surface area contributed by atoms with Gasteiger partial charge >= 0.3 is 0 Å². The Morgan fingerprint density at radius 3 is 1.36 bits per heavy atom. The first-order valence-electron chi connectivity index (χ1n) is 23.7. The Morgan fingerprint density at radius 1 is 0.625 bits per heavy atom. The maximum atomic E-state index is 13.3. The smallest absolute Gasteiger partial charge is 0.261 e. The molecule has 0 spiro atoms. The number of carbonyl (C=O) groups excluding carboxylic acids is 2. The van der Waals surface area contributed by atoms with Crippen LogP contribution >= 0.6 is 0 Å². The number of fused-ring (bicyclic) bond motifs is 4. The molecule has 8 heterocycles. The van der Waals surface area contributed by atoms with Gasteiger partial charge in [-0.05, 0) is 26.0 Å². The van der Waals surface area contributed by atoms with E-state index in [-0.39, 0.29) is 38.1 Å². The lowest BCUT2D eigenvalue weighted by atomic mass is 9.99. The number of alkyl halides is 4. The van der Waals surface area contributed by atoms with Crippen LogP contribution in [-0.2, 0) is 12.8 Å². The van der Waals surface area contributed by atoms with Crippen LogP contribution in [-0.4, -0.2) is 178 Å². The van der Waals surface area contributed by atoms with Crippen LogP contribution in [0.1, 0.15) is 45.7 Å². The molecule has 20 nitrogen and oxygen atoms in total. The molecule has 2 fully saturated rings. The molecule has 72 heavy (non-hydrogen) atoms. The van der Waals surface area contributed by atoms with Gasteiger partial charge in [-0.3, -0.25) is 19.4 Å². The van der Waals surface area contributed by atoms with Crippen LogP contribution in [0.2, 0.25) is 0 Å². The number of piperazine rings is 2. The first kappa shape index (κ1) is 49.9. The predicted octanol–water partition coefficient (Wildman–Crippen LogP) is 4.19. The first-order chi connectivity index (χ1) is 34.6. The Kier molecular flexibility index (Phi) is 14.3. The molecule has 2 saturated heterocycles. The Balaban J connectivity index is 0.000000178. The van der Waals surface area contributed by atoms with E-state index in [1.54, 1.807) is 48.7 Å². The van der Waals surface area contributed by atoms with Crippen LogP contribution in [0.3, 0.4) is 0 Å². The molecule has 384 valence electrons. The van der Waals surface area contributed by atoms with Crippen molar-refractivity contribution in [2.75, 3.05) is 124 Å². The van der Waals surface area contributed by atoms with Crippen LogP contribution in [0, 0.1) is 0 Å². The van der Waals surface area contributed by atoms with Gasteiger partial charge < -0.3 is 50.8 Å². The fraction of sp³-hybridized carbons (Fsp3) is 0.458. The molecule has 4 aliphatic heterocycles. The number of hydrogen-bond acceptors (Lipinski definition) is 16. The Hall–Kier alpha value is -7.02. The SMILES string of the molecule is CNc1cnc2c(C(=O)Nc3cc4c(cc3N3CCN(CC(F)F)CC3)O[C@@](C)(CO)C4)cnn2c1.CNc1cnc2c(C(=O)Nc3cc4c(cc3N3CCN(CC(F)F)CC3)O[C@](C)(CO)C4)cnn2c1. The van der Waals surface area contributed by atoms with Crippen molar-refractivity contribution in [2.45, 2.75) is 50.7 Å². The van der Waals surface area contributed by atoms with Crippen molar-refractivity contribution >= 4 is 57.2 Å². The van der Waals surface area contributed by atoms with E-state index in [0.717, 1.165) is 33.9 Å². The summed E-state index contributed by atoms with van der Waals surface area (Å²) in [5.74, 6) is 0.561. The second-order valence-electron chi connectivity index (χ2n) is 18.8. The number of benzene rings is 2. The third kappa shape index (κ3) is 10.6. The number of ether oxygens (including phenoxy) is 2. The summed E-state index contributed by atoms with van der Waals surface area (Å²) >= 11 is 0. The number of rotatable bonds is 14. The lowest BCUT2D eigenvalue weighted by Crippen LogP contribution is -2.48. The molecule has 6 N–H and O–H groups in total. The highest BCUT2D eigenvalue weighted by Crippen LogP contribution is 2.44. The fourth-order valence-electron chi connectivity index (χ4n) is 9.44. The van der Waals surface area contributed by atoms with Crippen LogP contribution < -0.4 is 40.5 Å². The number of nitrogens with one attached hydrogen (secondary N) is 4. The summed E-state index contributed by atoms with van der Waals surface area (Å²) in [6.45, 7) is 6.89. The third-order valence-electron chi connectivity index (χ3n) is 13.4. The third-order valence-corrected chi connectivity index (χ3v) is 13.4. The van der Waals surface area contributed by atoms with Crippen molar-refractivity contribution in [3.63, 3.8) is 0 Å². The van der Waals surface area contributed by atoms with Crippen molar-refractivity contribution in [1.82, 2.24) is 39.0 Å². The molecule has 0 radical (unpaired) electrons. The molecule has 0 bridgehead atoms. The topological polar surface area (TPSA) is 215 Å². The monoisotopic (exact) mass is 1000 g/mol. The van der Waals surface area contributed by atoms with Gasteiger partial charge in [0.05, 0.1) is 97.6 Å². The van der Waals surface area contributed by atoms with Crippen LogP contribution in [0.4, 0.5) is 51.7 Å². The molecule has 2 amide bonds. The molecule has 4 aliphatic rings. The van der Waals surface area contributed by atoms with Crippen LogP contribution in [0.15, 0.2) is 61.4 Å². The van der Waals surface area contributed by atoms with Gasteiger partial charge in [0.2, 0.25) is 0 Å². The van der Waals surface area contributed by atoms with E-state index in [2.05, 4.69) is 51.2 Å². The quantitative estimate of drug-likeness (QED) is 0.0845. The van der Waals surface area contributed by atoms with Crippen LogP contribution in [0.5, 0.6) is 11.5 Å². The average Bonchev–Trinajstić information content (AvgIpc) is 4.15. The molecule has 0 saturated carbocycles. The second-order valence-corrected chi connectivity index (χ2v) is 18.8. The summed E-state index contributed by atoms with van der Waals surface area (Å²) in [7, 11) is 3.54. The largest absolute Gasteiger partial charge is 0.484 e. The molecule has 6 aromatic rings. The maximum Gasteiger partial charge on any atom is 0.261 e. The van der Waals surface area contributed by atoms with E-state index in [0.29, 0.717) is 110 Å². The standard InChI is InChI=1S/2C24H29F2N7O3/c2*1-24(14-34)9-15-7-18(30-23(35)17-11-29-33-12-16(27-2)10-28-22(17)33)19(8-20(15)36-24)32-5-3-31(4-6-32)13-21(25)26/h2*7-8,10-12,21,27,34H,3-6,9,13-14H2,1-2H3,(H,30,35)/t2*24-/m10/s1. The molecule has 2 aromatic carbocycles. The van der Waals surface area contributed by atoms with E-state index in [1.165, 1.54) is 21.4 Å². The highest BCUT2D eigenvalue weighted by molar-refractivity contribution is 6.10. The number of aliphatic hydroxyl groups is 2. The number of halogens is 4. The van der Waals surface area contributed by atoms with Gasteiger partial charge in [0.15, 0.2) is 11.3 Å². The number of hydrogen-bond donors (Lipinski definition) is 6. The Bertz CT molecular complexity index is 2750. The zero-order chi connectivity index (χ0) is 50.9. The van der Waals surface area contributed by atoms with E-state index in [1.807, 2.05) is 38.1 Å². The van der Waals surface area contributed by atoms with Gasteiger partial charge in [-0.1, -0.05) is 0 Å². The number of amides is 2. The lowest BCUT2D eigenvalue weighted by Gasteiger charge is -2.37. The zero-order valence-electron chi connectivity index (χ0n) is 40.3. The summed E-state index contributed by atoms with van der Waals surface area (Å²) in [4.78, 5) is 43.0. The molecule has 24 heteroatoms.